The zero-order valence-corrected chi connectivity index (χ0v) is 17.0. The molecule has 0 aromatic heterocycles. The van der Waals surface area contributed by atoms with Gasteiger partial charge in [-0.15, -0.1) is 0 Å². The fraction of sp³-hybridized carbons (Fsp3) is 0.318. The van der Waals surface area contributed by atoms with Crippen molar-refractivity contribution in [3.63, 3.8) is 0 Å². The summed E-state index contributed by atoms with van der Waals surface area (Å²) in [6.07, 6.45) is 0.113. The number of para-hydroxylation sites is 1. The molecule has 154 valence electrons. The Morgan fingerprint density at radius 3 is 2.17 bits per heavy atom. The number of rotatable bonds is 7. The van der Waals surface area contributed by atoms with Crippen LogP contribution in [0.1, 0.15) is 48.7 Å². The number of amides is 2. The van der Waals surface area contributed by atoms with E-state index in [1.165, 1.54) is 0 Å². The summed E-state index contributed by atoms with van der Waals surface area (Å²) < 4.78 is 5.14. The minimum Gasteiger partial charge on any atom is -0.444 e. The molecule has 0 aliphatic heterocycles. The van der Waals surface area contributed by atoms with E-state index in [-0.39, 0.29) is 5.91 Å². The third kappa shape index (κ3) is 6.95. The van der Waals surface area contributed by atoms with Gasteiger partial charge in [-0.25, -0.2) is 4.79 Å². The van der Waals surface area contributed by atoms with Gasteiger partial charge < -0.3 is 21.1 Å². The number of carbonyl (C=O) groups is 2. The quantitative estimate of drug-likeness (QED) is 0.326. The van der Waals surface area contributed by atoms with E-state index < -0.39 is 11.7 Å². The first-order valence-corrected chi connectivity index (χ1v) is 9.46. The second kappa shape index (κ2) is 9.73. The second-order valence-electron chi connectivity index (χ2n) is 7.58. The van der Waals surface area contributed by atoms with Crippen molar-refractivity contribution in [1.29, 1.82) is 5.41 Å². The Hall–Kier alpha value is -3.35. The Morgan fingerprint density at radius 2 is 1.55 bits per heavy atom. The summed E-state index contributed by atoms with van der Waals surface area (Å²) in [6.45, 7) is 6.23. The number of hydrogen-bond donors (Lipinski definition) is 4. The summed E-state index contributed by atoms with van der Waals surface area (Å²) >= 11 is 0. The van der Waals surface area contributed by atoms with E-state index in [0.717, 1.165) is 0 Å². The van der Waals surface area contributed by atoms with Gasteiger partial charge in [-0.05, 0) is 45.4 Å². The molecule has 0 spiro atoms. The van der Waals surface area contributed by atoms with Gasteiger partial charge in [-0.2, -0.15) is 0 Å². The van der Waals surface area contributed by atoms with Gasteiger partial charge in [0.05, 0.1) is 5.71 Å². The lowest BCUT2D eigenvalue weighted by atomic mass is 10.00. The number of anilines is 1. The van der Waals surface area contributed by atoms with E-state index in [4.69, 9.17) is 15.9 Å². The van der Waals surface area contributed by atoms with Crippen molar-refractivity contribution in [2.75, 3.05) is 18.8 Å². The molecule has 0 aliphatic carbocycles. The summed E-state index contributed by atoms with van der Waals surface area (Å²) in [5.41, 5.74) is 8.08. The van der Waals surface area contributed by atoms with Crippen LogP contribution in [0.5, 0.6) is 0 Å². The van der Waals surface area contributed by atoms with Crippen molar-refractivity contribution in [2.45, 2.75) is 32.8 Å². The molecule has 0 saturated carbocycles. The molecule has 0 fully saturated rings. The third-order valence-corrected chi connectivity index (χ3v) is 3.97. The van der Waals surface area contributed by atoms with Gasteiger partial charge in [0.1, 0.15) is 5.60 Å². The van der Waals surface area contributed by atoms with Crippen LogP contribution in [-0.4, -0.2) is 36.4 Å². The first-order valence-electron chi connectivity index (χ1n) is 9.46. The molecule has 2 amide bonds. The largest absolute Gasteiger partial charge is 0.444 e. The molecule has 0 bridgehead atoms. The molecule has 0 saturated heterocycles. The van der Waals surface area contributed by atoms with Gasteiger partial charge in [0.25, 0.3) is 5.91 Å². The zero-order chi connectivity index (χ0) is 21.4. The lowest BCUT2D eigenvalue weighted by Gasteiger charge is -2.19. The number of nitrogen functional groups attached to an aromatic ring is 1. The van der Waals surface area contributed by atoms with Crippen LogP contribution in [-0.2, 0) is 4.74 Å². The maximum atomic E-state index is 12.2. The molecule has 5 N–H and O–H groups in total. The molecular weight excluding hydrogens is 368 g/mol. The maximum absolute atomic E-state index is 12.2. The Bertz CT molecular complexity index is 870. The molecular formula is C22H28N4O3. The summed E-state index contributed by atoms with van der Waals surface area (Å²) in [7, 11) is 0. The highest BCUT2D eigenvalue weighted by molar-refractivity contribution is 6.14. The van der Waals surface area contributed by atoms with Gasteiger partial charge in [-0.1, -0.05) is 30.3 Å². The van der Waals surface area contributed by atoms with Gasteiger partial charge in [0, 0.05) is 35.5 Å². The van der Waals surface area contributed by atoms with E-state index in [1.54, 1.807) is 57.2 Å². The molecule has 0 heterocycles. The van der Waals surface area contributed by atoms with E-state index in [1.807, 2.05) is 12.1 Å². The number of nitrogens with two attached hydrogens (primary N) is 1. The van der Waals surface area contributed by atoms with Gasteiger partial charge in [0.15, 0.2) is 0 Å². The van der Waals surface area contributed by atoms with Crippen LogP contribution < -0.4 is 16.4 Å². The standard InChI is InChI=1S/C22H28N4O3/c1-22(2,3)29-21(28)26-14-6-13-25-20(27)16-11-9-15(10-12-16)19(24)17-7-4-5-8-18(17)23/h4-5,7-12,24H,6,13-14,23H2,1-3H3,(H,25,27)(H,26,28). The Kier molecular flexibility index (Phi) is 7.36. The topological polar surface area (TPSA) is 117 Å². The van der Waals surface area contributed by atoms with E-state index in [9.17, 15) is 9.59 Å². The number of nitrogens with one attached hydrogen (secondary N) is 3. The summed E-state index contributed by atoms with van der Waals surface area (Å²) in [5, 5.41) is 13.8. The fourth-order valence-electron chi connectivity index (χ4n) is 2.57. The monoisotopic (exact) mass is 396 g/mol. The molecule has 0 atom stereocenters. The molecule has 29 heavy (non-hydrogen) atoms. The molecule has 7 nitrogen and oxygen atoms in total. The van der Waals surface area contributed by atoms with E-state index in [0.29, 0.717) is 47.6 Å². The van der Waals surface area contributed by atoms with Crippen LogP contribution in [0.3, 0.4) is 0 Å². The fourth-order valence-corrected chi connectivity index (χ4v) is 2.57. The number of alkyl carbamates (subject to hydrolysis) is 1. The van der Waals surface area contributed by atoms with Crippen molar-refractivity contribution in [3.8, 4) is 0 Å². The second-order valence-corrected chi connectivity index (χ2v) is 7.58. The van der Waals surface area contributed by atoms with E-state index >= 15 is 0 Å². The SMILES string of the molecule is CC(C)(C)OC(=O)NCCCNC(=O)c1ccc(C(=N)c2ccccc2N)cc1. The first-order chi connectivity index (χ1) is 13.7. The number of benzene rings is 2. The first kappa shape index (κ1) is 21.9. The lowest BCUT2D eigenvalue weighted by molar-refractivity contribution is 0.0527. The molecule has 2 aromatic rings. The van der Waals surface area contributed by atoms with Crippen molar-refractivity contribution >= 4 is 23.4 Å². The minimum atomic E-state index is -0.535. The molecule has 2 aromatic carbocycles. The summed E-state index contributed by atoms with van der Waals surface area (Å²) in [6, 6.07) is 14.0. The number of carbonyl (C=O) groups excluding carboxylic acids is 2. The molecule has 0 unspecified atom stereocenters. The average Bonchev–Trinajstić information content (AvgIpc) is 2.66. The summed E-state index contributed by atoms with van der Waals surface area (Å²) in [4.78, 5) is 23.8. The van der Waals surface area contributed by atoms with Crippen LogP contribution in [0.2, 0.25) is 0 Å². The highest BCUT2D eigenvalue weighted by Gasteiger charge is 2.15. The van der Waals surface area contributed by atoms with Crippen LogP contribution in [0.4, 0.5) is 10.5 Å². The smallest absolute Gasteiger partial charge is 0.407 e. The van der Waals surface area contributed by atoms with Crippen molar-refractivity contribution < 1.29 is 14.3 Å². The van der Waals surface area contributed by atoms with Gasteiger partial charge >= 0.3 is 6.09 Å². The molecule has 7 heteroatoms. The van der Waals surface area contributed by atoms with Crippen LogP contribution in [0, 0.1) is 5.41 Å². The minimum absolute atomic E-state index is 0.209. The Labute approximate surface area is 171 Å². The highest BCUT2D eigenvalue weighted by Crippen LogP contribution is 2.16. The van der Waals surface area contributed by atoms with Gasteiger partial charge in [0.2, 0.25) is 0 Å². The summed E-state index contributed by atoms with van der Waals surface area (Å²) in [5.74, 6) is -0.209. The maximum Gasteiger partial charge on any atom is 0.407 e. The van der Waals surface area contributed by atoms with E-state index in [2.05, 4.69) is 10.6 Å². The van der Waals surface area contributed by atoms with Gasteiger partial charge in [-0.3, -0.25) is 10.2 Å². The van der Waals surface area contributed by atoms with Crippen molar-refractivity contribution in [1.82, 2.24) is 10.6 Å². The van der Waals surface area contributed by atoms with Crippen molar-refractivity contribution in [3.05, 3.63) is 65.2 Å². The third-order valence-electron chi connectivity index (χ3n) is 3.97. The predicted octanol–water partition coefficient (Wildman–Crippen LogP) is 3.33. The zero-order valence-electron chi connectivity index (χ0n) is 17.0. The average molecular weight is 396 g/mol. The molecule has 2 rings (SSSR count). The Morgan fingerprint density at radius 1 is 0.966 bits per heavy atom. The highest BCUT2D eigenvalue weighted by atomic mass is 16.6. The van der Waals surface area contributed by atoms with Crippen molar-refractivity contribution in [2.24, 2.45) is 0 Å². The molecule has 0 radical (unpaired) electrons. The lowest BCUT2D eigenvalue weighted by Crippen LogP contribution is -2.34. The molecule has 0 aliphatic rings. The number of hydrogen-bond acceptors (Lipinski definition) is 5. The number of ether oxygens (including phenoxy) is 1. The Balaban J connectivity index is 1.80. The predicted molar refractivity (Wildman–Crippen MR) is 114 cm³/mol. The normalized spacial score (nSPS) is 10.9. The van der Waals surface area contributed by atoms with Crippen LogP contribution >= 0.6 is 0 Å². The van der Waals surface area contributed by atoms with Crippen LogP contribution in [0.25, 0.3) is 0 Å². The van der Waals surface area contributed by atoms with Crippen LogP contribution in [0.15, 0.2) is 48.5 Å².